The van der Waals surface area contributed by atoms with Gasteiger partial charge in [-0.05, 0) is 61.2 Å². The number of aromatic nitrogens is 2. The lowest BCUT2D eigenvalue weighted by Crippen LogP contribution is -2.23. The van der Waals surface area contributed by atoms with E-state index in [-0.39, 0.29) is 12.2 Å². The lowest BCUT2D eigenvalue weighted by Gasteiger charge is -2.11. The number of imidazole rings is 1. The summed E-state index contributed by atoms with van der Waals surface area (Å²) < 4.78 is 52.5. The highest BCUT2D eigenvalue weighted by Crippen LogP contribution is 2.48. The van der Waals surface area contributed by atoms with Crippen LogP contribution in [0.5, 0.6) is 0 Å². The molecular weight excluding hydrogens is 392 g/mol. The van der Waals surface area contributed by atoms with Gasteiger partial charge < -0.3 is 20.3 Å². The van der Waals surface area contributed by atoms with E-state index in [1.807, 2.05) is 0 Å². The number of hydrogen-bond acceptors (Lipinski definition) is 4. The molecule has 3 N–H and O–H groups in total. The van der Waals surface area contributed by atoms with E-state index < -0.39 is 23.5 Å². The molecule has 29 heavy (non-hydrogen) atoms. The first-order valence-corrected chi connectivity index (χ1v) is 9.14. The predicted octanol–water partition coefficient (Wildman–Crippen LogP) is 2.52. The molecule has 2 unspecified atom stereocenters. The zero-order valence-corrected chi connectivity index (χ0v) is 15.7. The molecule has 1 aromatic carbocycles. The smallest absolute Gasteiger partial charge is 0.416 e. The van der Waals surface area contributed by atoms with Crippen molar-refractivity contribution < 1.29 is 27.5 Å². The summed E-state index contributed by atoms with van der Waals surface area (Å²) in [5.41, 5.74) is -0.513. The Morgan fingerprint density at radius 3 is 2.52 bits per heavy atom. The summed E-state index contributed by atoms with van der Waals surface area (Å²) in [5.74, 6) is 0.202. The average molecular weight is 414 g/mol. The topological polar surface area (TPSA) is 79.2 Å². The molecule has 1 aliphatic carbocycles. The Morgan fingerprint density at radius 2 is 2.00 bits per heavy atom. The van der Waals surface area contributed by atoms with E-state index in [0.717, 1.165) is 31.8 Å². The van der Waals surface area contributed by atoms with E-state index in [4.69, 9.17) is 5.11 Å². The number of rotatable bonds is 5. The molecule has 4 rings (SSSR count). The van der Waals surface area contributed by atoms with Crippen molar-refractivity contribution in [3.05, 3.63) is 53.4 Å². The molecule has 1 aliphatic heterocycles. The van der Waals surface area contributed by atoms with Crippen LogP contribution in [0.2, 0.25) is 0 Å². The maximum absolute atomic E-state index is 13.2. The Morgan fingerprint density at radius 1 is 1.31 bits per heavy atom. The zero-order valence-electron chi connectivity index (χ0n) is 15.7. The first-order chi connectivity index (χ1) is 13.6. The fraction of sp³-hybridized carbons (Fsp3) is 0.474. The molecule has 1 saturated carbocycles. The van der Waals surface area contributed by atoms with Gasteiger partial charge >= 0.3 is 12.1 Å². The molecule has 0 bridgehead atoms. The van der Waals surface area contributed by atoms with Crippen molar-refractivity contribution in [2.24, 2.45) is 24.8 Å². The van der Waals surface area contributed by atoms with Crippen molar-refractivity contribution >= 4 is 5.97 Å². The molecule has 2 heterocycles. The molecule has 1 aromatic heterocycles. The van der Waals surface area contributed by atoms with E-state index in [2.05, 4.69) is 15.6 Å². The molecule has 2 fully saturated rings. The van der Waals surface area contributed by atoms with Crippen LogP contribution in [0.4, 0.5) is 17.6 Å². The number of carboxylic acid groups (broad SMARTS) is 1. The van der Waals surface area contributed by atoms with Gasteiger partial charge in [-0.25, -0.2) is 14.2 Å². The van der Waals surface area contributed by atoms with Gasteiger partial charge in [-0.3, -0.25) is 0 Å². The number of benzene rings is 1. The molecule has 0 amide bonds. The number of aryl methyl sites for hydroxylation is 1. The molecule has 2 aromatic rings. The monoisotopic (exact) mass is 414 g/mol. The van der Waals surface area contributed by atoms with Gasteiger partial charge in [-0.1, -0.05) is 0 Å². The van der Waals surface area contributed by atoms with Gasteiger partial charge in [0.25, 0.3) is 0 Å². The van der Waals surface area contributed by atoms with Gasteiger partial charge in [-0.2, -0.15) is 13.2 Å². The third kappa shape index (κ3) is 5.54. The molecule has 1 saturated heterocycles. The van der Waals surface area contributed by atoms with E-state index in [9.17, 15) is 22.4 Å². The number of aromatic carboxylic acids is 1. The maximum atomic E-state index is 13.2. The van der Waals surface area contributed by atoms with Gasteiger partial charge in [0, 0.05) is 19.8 Å². The van der Waals surface area contributed by atoms with Crippen LogP contribution in [0.25, 0.3) is 0 Å². The number of carbonyl (C=O) groups is 1. The molecule has 10 heteroatoms. The lowest BCUT2D eigenvalue weighted by atomic mass is 10.1. The second kappa shape index (κ2) is 8.50. The fourth-order valence-corrected chi connectivity index (χ4v) is 3.67. The first-order valence-electron chi connectivity index (χ1n) is 9.14. The second-order valence-corrected chi connectivity index (χ2v) is 7.36. The highest BCUT2D eigenvalue weighted by molar-refractivity contribution is 5.84. The minimum Gasteiger partial charge on any atom is -0.476 e. The van der Waals surface area contributed by atoms with Gasteiger partial charge in [0.1, 0.15) is 5.82 Å². The Hall–Kier alpha value is -2.46. The van der Waals surface area contributed by atoms with E-state index in [0.29, 0.717) is 29.4 Å². The number of nitrogens with one attached hydrogen (secondary N) is 2. The molecular formula is C19H22F4N4O2. The summed E-state index contributed by atoms with van der Waals surface area (Å²) in [6.07, 6.45) is -1.61. The average Bonchev–Trinajstić information content (AvgIpc) is 3.01. The van der Waals surface area contributed by atoms with Crippen LogP contribution in [0.3, 0.4) is 0 Å². The number of halogens is 4. The van der Waals surface area contributed by atoms with Gasteiger partial charge in [0.15, 0.2) is 5.69 Å². The summed E-state index contributed by atoms with van der Waals surface area (Å²) in [5, 5.41) is 14.7. The highest BCUT2D eigenvalue weighted by atomic mass is 19.4. The Labute approximate surface area is 164 Å². The van der Waals surface area contributed by atoms with Crippen LogP contribution in [0.15, 0.2) is 30.7 Å². The molecule has 158 valence electrons. The Kier molecular flexibility index (Phi) is 6.23. The van der Waals surface area contributed by atoms with Gasteiger partial charge in [0.05, 0.1) is 11.9 Å². The Balaban J connectivity index is 0.000000224. The van der Waals surface area contributed by atoms with E-state index in [1.165, 1.54) is 12.5 Å². The van der Waals surface area contributed by atoms with Crippen LogP contribution in [-0.2, 0) is 19.8 Å². The Bertz CT molecular complexity index is 858. The number of carboxylic acids is 1. The third-order valence-electron chi connectivity index (χ3n) is 5.19. The van der Waals surface area contributed by atoms with Crippen molar-refractivity contribution in [2.75, 3.05) is 19.6 Å². The van der Waals surface area contributed by atoms with Crippen molar-refractivity contribution in [1.82, 2.24) is 20.2 Å². The van der Waals surface area contributed by atoms with Crippen LogP contribution >= 0.6 is 0 Å². The number of alkyl halides is 3. The fourth-order valence-electron chi connectivity index (χ4n) is 3.67. The van der Waals surface area contributed by atoms with E-state index >= 15 is 0 Å². The number of nitrogens with zero attached hydrogens (tertiary/aromatic N) is 2. The molecule has 0 spiro atoms. The molecule has 2 atom stereocenters. The highest BCUT2D eigenvalue weighted by Gasteiger charge is 2.51. The SMILES string of the molecule is Cn1cnc(C(=O)O)c1.Fc1cc(CNCC2C3CNCC23)cc(C(F)(F)F)c1. The summed E-state index contributed by atoms with van der Waals surface area (Å²) >= 11 is 0. The van der Waals surface area contributed by atoms with Crippen LogP contribution in [0.1, 0.15) is 21.6 Å². The van der Waals surface area contributed by atoms with Crippen LogP contribution in [-0.4, -0.2) is 40.3 Å². The van der Waals surface area contributed by atoms with Crippen molar-refractivity contribution in [2.45, 2.75) is 12.7 Å². The van der Waals surface area contributed by atoms with Crippen LogP contribution < -0.4 is 10.6 Å². The summed E-state index contributed by atoms with van der Waals surface area (Å²) in [6, 6.07) is 2.68. The molecule has 2 aliphatic rings. The molecule has 0 radical (unpaired) electrons. The second-order valence-electron chi connectivity index (χ2n) is 7.36. The maximum Gasteiger partial charge on any atom is 0.416 e. The van der Waals surface area contributed by atoms with E-state index in [1.54, 1.807) is 11.6 Å². The van der Waals surface area contributed by atoms with Crippen molar-refractivity contribution in [3.8, 4) is 0 Å². The lowest BCUT2D eigenvalue weighted by molar-refractivity contribution is -0.137. The standard InChI is InChI=1S/C14H16F4N2.C5H6N2O2/c15-10-2-8(1-9(3-10)14(16,17)18)4-19-5-11-12-6-20-7-13(11)12;1-7-2-4(5(8)9)6-3-7/h1-3,11-13,19-20H,4-7H2;2-3H,1H3,(H,8,9). The minimum absolute atomic E-state index is 0.0810. The van der Waals surface area contributed by atoms with Crippen molar-refractivity contribution in [3.63, 3.8) is 0 Å². The summed E-state index contributed by atoms with van der Waals surface area (Å²) in [4.78, 5) is 13.7. The summed E-state index contributed by atoms with van der Waals surface area (Å²) in [6.45, 7) is 3.13. The van der Waals surface area contributed by atoms with Crippen LogP contribution in [0, 0.1) is 23.6 Å². The van der Waals surface area contributed by atoms with Gasteiger partial charge in [-0.15, -0.1) is 0 Å². The molecule has 6 nitrogen and oxygen atoms in total. The first kappa shape index (κ1) is 21.3. The minimum atomic E-state index is -4.50. The zero-order chi connectivity index (χ0) is 21.2. The third-order valence-corrected chi connectivity index (χ3v) is 5.19. The quantitative estimate of drug-likeness (QED) is 0.656. The predicted molar refractivity (Wildman–Crippen MR) is 96.6 cm³/mol. The normalized spacial score (nSPS) is 22.6. The number of hydrogen-bond donors (Lipinski definition) is 3. The summed E-state index contributed by atoms with van der Waals surface area (Å²) in [7, 11) is 1.72. The number of piperidine rings is 1. The van der Waals surface area contributed by atoms with Gasteiger partial charge in [0.2, 0.25) is 0 Å². The van der Waals surface area contributed by atoms with Crippen molar-refractivity contribution in [1.29, 1.82) is 0 Å². The largest absolute Gasteiger partial charge is 0.476 e. The number of fused-ring (bicyclic) bond motifs is 1.